The van der Waals surface area contributed by atoms with E-state index in [4.69, 9.17) is 0 Å². The number of hydrogen-bond acceptors (Lipinski definition) is 2. The molecule has 2 fully saturated rings. The molecule has 16 heavy (non-hydrogen) atoms. The van der Waals surface area contributed by atoms with Crippen LogP contribution in [0.3, 0.4) is 0 Å². The molecule has 2 aliphatic heterocycles. The van der Waals surface area contributed by atoms with Gasteiger partial charge in [-0.25, -0.2) is 0 Å². The first kappa shape index (κ1) is 11.9. The first-order valence-corrected chi connectivity index (χ1v) is 6.66. The van der Waals surface area contributed by atoms with Gasteiger partial charge in [0.2, 0.25) is 5.91 Å². The first-order valence-electron chi connectivity index (χ1n) is 6.66. The van der Waals surface area contributed by atoms with Crippen LogP contribution in [0.5, 0.6) is 0 Å². The molecular weight excluding hydrogens is 200 g/mol. The monoisotopic (exact) mass is 224 g/mol. The predicted octanol–water partition coefficient (Wildman–Crippen LogP) is 1.63. The van der Waals surface area contributed by atoms with Crippen LogP contribution < -0.4 is 5.32 Å². The van der Waals surface area contributed by atoms with Gasteiger partial charge in [-0.2, -0.15) is 0 Å². The Morgan fingerprint density at radius 2 is 2.38 bits per heavy atom. The largest absolute Gasteiger partial charge is 0.342 e. The summed E-state index contributed by atoms with van der Waals surface area (Å²) >= 11 is 0. The summed E-state index contributed by atoms with van der Waals surface area (Å²) in [6.07, 6.45) is 4.70. The Morgan fingerprint density at radius 1 is 1.56 bits per heavy atom. The molecular formula is C13H24N2O. The van der Waals surface area contributed by atoms with Gasteiger partial charge in [-0.3, -0.25) is 4.79 Å². The molecule has 92 valence electrons. The quantitative estimate of drug-likeness (QED) is 0.773. The van der Waals surface area contributed by atoms with Gasteiger partial charge in [0.15, 0.2) is 0 Å². The summed E-state index contributed by atoms with van der Waals surface area (Å²) < 4.78 is 0. The molecule has 0 aromatic carbocycles. The molecule has 0 aromatic heterocycles. The van der Waals surface area contributed by atoms with E-state index in [1.807, 2.05) is 0 Å². The van der Waals surface area contributed by atoms with Crippen molar-refractivity contribution in [3.8, 4) is 0 Å². The predicted molar refractivity (Wildman–Crippen MR) is 65.2 cm³/mol. The smallest absolute Gasteiger partial charge is 0.229 e. The van der Waals surface area contributed by atoms with Gasteiger partial charge in [0.25, 0.3) is 0 Å². The molecule has 0 aromatic rings. The Kier molecular flexibility index (Phi) is 3.53. The molecule has 0 radical (unpaired) electrons. The third-order valence-electron chi connectivity index (χ3n) is 4.27. The summed E-state index contributed by atoms with van der Waals surface area (Å²) in [5, 5.41) is 3.31. The van der Waals surface area contributed by atoms with Crippen LogP contribution in [0.25, 0.3) is 0 Å². The lowest BCUT2D eigenvalue weighted by atomic mass is 9.86. The Balaban J connectivity index is 1.98. The van der Waals surface area contributed by atoms with E-state index >= 15 is 0 Å². The molecule has 2 heterocycles. The lowest BCUT2D eigenvalue weighted by Crippen LogP contribution is -2.47. The fourth-order valence-corrected chi connectivity index (χ4v) is 2.96. The van der Waals surface area contributed by atoms with Crippen LogP contribution in [0.1, 0.15) is 39.5 Å². The van der Waals surface area contributed by atoms with Gasteiger partial charge >= 0.3 is 0 Å². The summed E-state index contributed by atoms with van der Waals surface area (Å²) in [6, 6.07) is 0. The van der Waals surface area contributed by atoms with Crippen molar-refractivity contribution >= 4 is 5.91 Å². The Labute approximate surface area is 98.6 Å². The highest BCUT2D eigenvalue weighted by Gasteiger charge is 2.40. The van der Waals surface area contributed by atoms with Crippen molar-refractivity contribution in [3.05, 3.63) is 0 Å². The zero-order valence-corrected chi connectivity index (χ0v) is 10.6. The van der Waals surface area contributed by atoms with E-state index in [0.717, 1.165) is 38.5 Å². The zero-order valence-electron chi connectivity index (χ0n) is 10.6. The van der Waals surface area contributed by atoms with Crippen LogP contribution in [-0.4, -0.2) is 37.0 Å². The number of piperidine rings is 1. The number of rotatable bonds is 2. The van der Waals surface area contributed by atoms with Crippen LogP contribution in [0.2, 0.25) is 0 Å². The van der Waals surface area contributed by atoms with Gasteiger partial charge in [-0.05, 0) is 38.6 Å². The minimum atomic E-state index is -0.129. The second-order valence-electron chi connectivity index (χ2n) is 5.66. The maximum atomic E-state index is 12.5. The van der Waals surface area contributed by atoms with E-state index in [1.54, 1.807) is 0 Å². The van der Waals surface area contributed by atoms with Gasteiger partial charge in [-0.15, -0.1) is 0 Å². The second kappa shape index (κ2) is 4.74. The standard InChI is InChI=1S/C13H24N2O/c1-3-11-5-4-8-15(9-11)12(16)13(2)6-7-14-10-13/h11,14H,3-10H2,1-2H3. The second-order valence-corrected chi connectivity index (χ2v) is 5.66. The lowest BCUT2D eigenvalue weighted by molar-refractivity contribution is -0.142. The summed E-state index contributed by atoms with van der Waals surface area (Å²) in [4.78, 5) is 14.6. The van der Waals surface area contributed by atoms with E-state index < -0.39 is 0 Å². The molecule has 2 saturated heterocycles. The first-order chi connectivity index (χ1) is 7.65. The Bertz CT molecular complexity index is 259. The van der Waals surface area contributed by atoms with Crippen molar-refractivity contribution in [2.75, 3.05) is 26.2 Å². The molecule has 0 bridgehead atoms. The number of hydrogen-bond donors (Lipinski definition) is 1. The highest BCUT2D eigenvalue weighted by molar-refractivity contribution is 5.83. The van der Waals surface area contributed by atoms with E-state index in [0.29, 0.717) is 5.91 Å². The Hall–Kier alpha value is -0.570. The van der Waals surface area contributed by atoms with Crippen LogP contribution >= 0.6 is 0 Å². The maximum absolute atomic E-state index is 12.5. The van der Waals surface area contributed by atoms with Gasteiger partial charge in [0, 0.05) is 19.6 Å². The molecule has 2 atom stereocenters. The van der Waals surface area contributed by atoms with E-state index in [1.165, 1.54) is 19.3 Å². The number of likely N-dealkylation sites (tertiary alicyclic amines) is 1. The molecule has 3 heteroatoms. The van der Waals surface area contributed by atoms with Crippen molar-refractivity contribution in [2.24, 2.45) is 11.3 Å². The van der Waals surface area contributed by atoms with Gasteiger partial charge in [0.05, 0.1) is 5.41 Å². The SMILES string of the molecule is CCC1CCCN(C(=O)C2(C)CCNC2)C1. The highest BCUT2D eigenvalue weighted by atomic mass is 16.2. The van der Waals surface area contributed by atoms with Gasteiger partial charge in [0.1, 0.15) is 0 Å². The number of carbonyl (C=O) groups excluding carboxylic acids is 1. The van der Waals surface area contributed by atoms with Crippen LogP contribution in [0.4, 0.5) is 0 Å². The topological polar surface area (TPSA) is 32.3 Å². The van der Waals surface area contributed by atoms with Crippen molar-refractivity contribution in [1.29, 1.82) is 0 Å². The highest BCUT2D eigenvalue weighted by Crippen LogP contribution is 2.30. The molecule has 2 unspecified atom stereocenters. The number of nitrogens with one attached hydrogen (secondary N) is 1. The fraction of sp³-hybridized carbons (Fsp3) is 0.923. The van der Waals surface area contributed by atoms with Gasteiger partial charge in [-0.1, -0.05) is 13.3 Å². The van der Waals surface area contributed by atoms with Crippen molar-refractivity contribution in [2.45, 2.75) is 39.5 Å². The van der Waals surface area contributed by atoms with Crippen LogP contribution in [0, 0.1) is 11.3 Å². The molecule has 0 spiro atoms. The van der Waals surface area contributed by atoms with Gasteiger partial charge < -0.3 is 10.2 Å². The van der Waals surface area contributed by atoms with Crippen molar-refractivity contribution in [3.63, 3.8) is 0 Å². The summed E-state index contributed by atoms with van der Waals surface area (Å²) in [7, 11) is 0. The number of carbonyl (C=O) groups is 1. The minimum Gasteiger partial charge on any atom is -0.342 e. The van der Waals surface area contributed by atoms with E-state index in [9.17, 15) is 4.79 Å². The fourth-order valence-electron chi connectivity index (χ4n) is 2.96. The number of amides is 1. The van der Waals surface area contributed by atoms with E-state index in [-0.39, 0.29) is 5.41 Å². The lowest BCUT2D eigenvalue weighted by Gasteiger charge is -2.37. The summed E-state index contributed by atoms with van der Waals surface area (Å²) in [6.45, 7) is 8.17. The zero-order chi connectivity index (χ0) is 11.6. The van der Waals surface area contributed by atoms with Crippen molar-refractivity contribution < 1.29 is 4.79 Å². The third-order valence-corrected chi connectivity index (χ3v) is 4.27. The molecule has 0 saturated carbocycles. The van der Waals surface area contributed by atoms with E-state index in [2.05, 4.69) is 24.1 Å². The number of nitrogens with zero attached hydrogens (tertiary/aromatic N) is 1. The molecule has 2 aliphatic rings. The summed E-state index contributed by atoms with van der Waals surface area (Å²) in [5.74, 6) is 1.12. The molecule has 3 nitrogen and oxygen atoms in total. The minimum absolute atomic E-state index is 0.129. The third kappa shape index (κ3) is 2.24. The molecule has 0 aliphatic carbocycles. The molecule has 1 N–H and O–H groups in total. The van der Waals surface area contributed by atoms with Crippen molar-refractivity contribution in [1.82, 2.24) is 10.2 Å². The molecule has 2 rings (SSSR count). The normalized spacial score (nSPS) is 35.4. The van der Waals surface area contributed by atoms with Crippen LogP contribution in [0.15, 0.2) is 0 Å². The van der Waals surface area contributed by atoms with Crippen LogP contribution in [-0.2, 0) is 4.79 Å². The summed E-state index contributed by atoms with van der Waals surface area (Å²) in [5.41, 5.74) is -0.129. The Morgan fingerprint density at radius 3 is 3.00 bits per heavy atom. The average molecular weight is 224 g/mol. The molecule has 1 amide bonds. The maximum Gasteiger partial charge on any atom is 0.229 e. The average Bonchev–Trinajstić information content (AvgIpc) is 2.76.